The molecule has 0 spiro atoms. The molecule has 2 heterocycles. The van der Waals surface area contributed by atoms with Crippen LogP contribution in [0.5, 0.6) is 0 Å². The van der Waals surface area contributed by atoms with Crippen LogP contribution in [0.4, 0.5) is 5.69 Å². The highest BCUT2D eigenvalue weighted by Crippen LogP contribution is 2.27. The van der Waals surface area contributed by atoms with Crippen molar-refractivity contribution < 1.29 is 0 Å². The summed E-state index contributed by atoms with van der Waals surface area (Å²) in [6.07, 6.45) is 0. The first kappa shape index (κ1) is 13.8. The summed E-state index contributed by atoms with van der Waals surface area (Å²) in [5, 5.41) is 3.76. The number of para-hydroxylation sites is 1. The predicted molar refractivity (Wildman–Crippen MR) is 95.8 cm³/mol. The summed E-state index contributed by atoms with van der Waals surface area (Å²) in [6.45, 7) is 5.59. The van der Waals surface area contributed by atoms with Gasteiger partial charge in [0.05, 0.1) is 0 Å². The van der Waals surface area contributed by atoms with E-state index in [0.717, 1.165) is 32.7 Å². The molecule has 4 rings (SSSR count). The van der Waals surface area contributed by atoms with Crippen molar-refractivity contribution in [1.82, 2.24) is 4.90 Å². The van der Waals surface area contributed by atoms with Gasteiger partial charge in [-0.3, -0.25) is 4.90 Å². The van der Waals surface area contributed by atoms with Gasteiger partial charge in [0.25, 0.3) is 0 Å². The zero-order chi connectivity index (χ0) is 14.8. The summed E-state index contributed by atoms with van der Waals surface area (Å²) in [5.74, 6) is 0. The third-order valence-corrected chi connectivity index (χ3v) is 5.46. The second-order valence-corrected chi connectivity index (χ2v) is 6.77. The second kappa shape index (κ2) is 6.11. The van der Waals surface area contributed by atoms with Gasteiger partial charge >= 0.3 is 0 Å². The standard InChI is InChI=1S/C19H20N2S/c1-2-6-17(7-3-1)21-12-10-20(11-13-21)14-16-15-22-19-9-5-4-8-18(16)19/h1-9,15H,10-14H2. The molecule has 0 N–H and O–H groups in total. The molecule has 1 fully saturated rings. The smallest absolute Gasteiger partial charge is 0.0367 e. The summed E-state index contributed by atoms with van der Waals surface area (Å²) in [4.78, 5) is 5.07. The van der Waals surface area contributed by atoms with Crippen molar-refractivity contribution in [3.63, 3.8) is 0 Å². The fourth-order valence-corrected chi connectivity index (χ4v) is 4.15. The molecule has 3 heteroatoms. The molecule has 22 heavy (non-hydrogen) atoms. The minimum Gasteiger partial charge on any atom is -0.369 e. The first-order valence-electron chi connectivity index (χ1n) is 7.87. The zero-order valence-electron chi connectivity index (χ0n) is 12.6. The van der Waals surface area contributed by atoms with E-state index in [1.165, 1.54) is 21.3 Å². The quantitative estimate of drug-likeness (QED) is 0.714. The van der Waals surface area contributed by atoms with Gasteiger partial charge in [0.1, 0.15) is 0 Å². The summed E-state index contributed by atoms with van der Waals surface area (Å²) in [5.41, 5.74) is 2.83. The fourth-order valence-electron chi connectivity index (χ4n) is 3.20. The topological polar surface area (TPSA) is 6.48 Å². The van der Waals surface area contributed by atoms with E-state index in [2.05, 4.69) is 69.8 Å². The van der Waals surface area contributed by atoms with Crippen molar-refractivity contribution >= 4 is 27.1 Å². The average molecular weight is 308 g/mol. The first-order chi connectivity index (χ1) is 10.9. The first-order valence-corrected chi connectivity index (χ1v) is 8.75. The van der Waals surface area contributed by atoms with E-state index in [-0.39, 0.29) is 0 Å². The molecule has 1 aliphatic rings. The van der Waals surface area contributed by atoms with Crippen LogP contribution in [0.3, 0.4) is 0 Å². The number of benzene rings is 2. The Hall–Kier alpha value is -1.84. The van der Waals surface area contributed by atoms with Gasteiger partial charge in [0, 0.05) is 43.1 Å². The van der Waals surface area contributed by atoms with Crippen LogP contribution >= 0.6 is 11.3 Å². The number of nitrogens with zero attached hydrogens (tertiary/aromatic N) is 2. The van der Waals surface area contributed by atoms with Gasteiger partial charge in [0.15, 0.2) is 0 Å². The Morgan fingerprint density at radius 3 is 2.36 bits per heavy atom. The van der Waals surface area contributed by atoms with E-state index in [0.29, 0.717) is 0 Å². The molecular weight excluding hydrogens is 288 g/mol. The Labute approximate surface area is 135 Å². The molecule has 0 amide bonds. The Bertz CT molecular complexity index is 742. The van der Waals surface area contributed by atoms with Crippen LogP contribution in [0.1, 0.15) is 5.56 Å². The van der Waals surface area contributed by atoms with Gasteiger partial charge in [-0.15, -0.1) is 11.3 Å². The number of hydrogen-bond donors (Lipinski definition) is 0. The van der Waals surface area contributed by atoms with Crippen LogP contribution in [0.25, 0.3) is 10.1 Å². The van der Waals surface area contributed by atoms with E-state index >= 15 is 0 Å². The van der Waals surface area contributed by atoms with Crippen molar-refractivity contribution in [1.29, 1.82) is 0 Å². The van der Waals surface area contributed by atoms with Crippen LogP contribution in [-0.2, 0) is 6.54 Å². The molecule has 0 aliphatic carbocycles. The Morgan fingerprint density at radius 1 is 0.818 bits per heavy atom. The molecule has 112 valence electrons. The minimum atomic E-state index is 1.08. The fraction of sp³-hybridized carbons (Fsp3) is 0.263. The van der Waals surface area contributed by atoms with Crippen molar-refractivity contribution in [2.45, 2.75) is 6.54 Å². The molecule has 0 bridgehead atoms. The maximum Gasteiger partial charge on any atom is 0.0367 e. The number of anilines is 1. The Balaban J connectivity index is 1.42. The van der Waals surface area contributed by atoms with E-state index < -0.39 is 0 Å². The van der Waals surface area contributed by atoms with Crippen LogP contribution in [-0.4, -0.2) is 31.1 Å². The molecular formula is C19H20N2S. The Morgan fingerprint density at radius 2 is 1.55 bits per heavy atom. The monoisotopic (exact) mass is 308 g/mol. The molecule has 1 aromatic heterocycles. The lowest BCUT2D eigenvalue weighted by atomic mass is 10.1. The molecule has 0 radical (unpaired) electrons. The van der Waals surface area contributed by atoms with Gasteiger partial charge in [-0.05, 0) is 34.5 Å². The van der Waals surface area contributed by atoms with Gasteiger partial charge in [-0.2, -0.15) is 0 Å². The predicted octanol–water partition coefficient (Wildman–Crippen LogP) is 4.22. The number of hydrogen-bond acceptors (Lipinski definition) is 3. The molecule has 1 aliphatic heterocycles. The van der Waals surface area contributed by atoms with Crippen molar-refractivity contribution in [3.05, 3.63) is 65.5 Å². The van der Waals surface area contributed by atoms with Crippen molar-refractivity contribution in [3.8, 4) is 0 Å². The van der Waals surface area contributed by atoms with E-state index in [1.807, 2.05) is 11.3 Å². The highest BCUT2D eigenvalue weighted by Gasteiger charge is 2.18. The minimum absolute atomic E-state index is 1.08. The SMILES string of the molecule is c1ccc(N2CCN(Cc3csc4ccccc34)CC2)cc1. The highest BCUT2D eigenvalue weighted by molar-refractivity contribution is 7.17. The van der Waals surface area contributed by atoms with Crippen LogP contribution in [0.2, 0.25) is 0 Å². The van der Waals surface area contributed by atoms with Crippen LogP contribution in [0.15, 0.2) is 60.0 Å². The summed E-state index contributed by atoms with van der Waals surface area (Å²) < 4.78 is 1.40. The molecule has 2 nitrogen and oxygen atoms in total. The van der Waals surface area contributed by atoms with Gasteiger partial charge in [-0.25, -0.2) is 0 Å². The lowest BCUT2D eigenvalue weighted by molar-refractivity contribution is 0.251. The normalized spacial score (nSPS) is 16.3. The van der Waals surface area contributed by atoms with Crippen LogP contribution in [0, 0.1) is 0 Å². The van der Waals surface area contributed by atoms with Crippen molar-refractivity contribution in [2.75, 3.05) is 31.1 Å². The molecule has 0 unspecified atom stereocenters. The molecule has 1 saturated heterocycles. The maximum absolute atomic E-state index is 2.58. The second-order valence-electron chi connectivity index (χ2n) is 5.86. The lowest BCUT2D eigenvalue weighted by Crippen LogP contribution is -2.45. The summed E-state index contributed by atoms with van der Waals surface area (Å²) in [7, 11) is 0. The third kappa shape index (κ3) is 2.74. The largest absolute Gasteiger partial charge is 0.369 e. The van der Waals surface area contributed by atoms with Gasteiger partial charge in [-0.1, -0.05) is 36.4 Å². The summed E-state index contributed by atoms with van der Waals surface area (Å²) >= 11 is 1.86. The summed E-state index contributed by atoms with van der Waals surface area (Å²) in [6, 6.07) is 19.5. The molecule has 2 aromatic carbocycles. The van der Waals surface area contributed by atoms with Gasteiger partial charge in [0.2, 0.25) is 0 Å². The zero-order valence-corrected chi connectivity index (χ0v) is 13.4. The number of fused-ring (bicyclic) bond motifs is 1. The maximum atomic E-state index is 2.58. The van der Waals surface area contributed by atoms with Crippen molar-refractivity contribution in [2.24, 2.45) is 0 Å². The third-order valence-electron chi connectivity index (χ3n) is 4.45. The number of rotatable bonds is 3. The Kier molecular flexibility index (Phi) is 3.83. The number of piperazine rings is 1. The molecule has 3 aromatic rings. The van der Waals surface area contributed by atoms with E-state index in [4.69, 9.17) is 0 Å². The van der Waals surface area contributed by atoms with E-state index in [9.17, 15) is 0 Å². The molecule has 0 atom stereocenters. The number of thiophene rings is 1. The lowest BCUT2D eigenvalue weighted by Gasteiger charge is -2.36. The average Bonchev–Trinajstić information content (AvgIpc) is 3.00. The highest BCUT2D eigenvalue weighted by atomic mass is 32.1. The van der Waals surface area contributed by atoms with Gasteiger partial charge < -0.3 is 4.90 Å². The molecule has 0 saturated carbocycles. The van der Waals surface area contributed by atoms with Crippen LogP contribution < -0.4 is 4.90 Å². The van der Waals surface area contributed by atoms with E-state index in [1.54, 1.807) is 0 Å².